The van der Waals surface area contributed by atoms with Crippen LogP contribution in [-0.2, 0) is 36.8 Å². The lowest BCUT2D eigenvalue weighted by Crippen LogP contribution is -2.58. The molecule has 0 saturated heterocycles. The van der Waals surface area contributed by atoms with Gasteiger partial charge in [0.2, 0.25) is 17.7 Å². The van der Waals surface area contributed by atoms with Crippen LogP contribution in [0.3, 0.4) is 0 Å². The predicted octanol–water partition coefficient (Wildman–Crippen LogP) is 1.44. The molecule has 9 N–H and O–H groups in total. The van der Waals surface area contributed by atoms with Gasteiger partial charge in [-0.2, -0.15) is 0 Å². The van der Waals surface area contributed by atoms with E-state index >= 15 is 0 Å². The van der Waals surface area contributed by atoms with Crippen LogP contribution < -0.4 is 21.7 Å². The van der Waals surface area contributed by atoms with Crippen LogP contribution in [0, 0.1) is 5.92 Å². The van der Waals surface area contributed by atoms with E-state index in [-0.39, 0.29) is 37.4 Å². The third-order valence-electron chi connectivity index (χ3n) is 7.06. The van der Waals surface area contributed by atoms with E-state index in [0.717, 1.165) is 16.5 Å². The fourth-order valence-corrected chi connectivity index (χ4v) is 4.76. The molecule has 1 heterocycles. The topological polar surface area (TPSA) is 224 Å². The predicted molar refractivity (Wildman–Crippen MR) is 162 cm³/mol. The Morgan fingerprint density at radius 3 is 2.07 bits per heavy atom. The summed E-state index contributed by atoms with van der Waals surface area (Å²) in [6.07, 6.45) is 1.20. The first kappa shape index (κ1) is 33.6. The highest BCUT2D eigenvalue weighted by molar-refractivity contribution is 5.94. The fourth-order valence-electron chi connectivity index (χ4n) is 4.76. The van der Waals surface area contributed by atoms with Crippen molar-refractivity contribution in [1.29, 1.82) is 0 Å². The third-order valence-corrected chi connectivity index (χ3v) is 7.06. The zero-order valence-corrected chi connectivity index (χ0v) is 24.6. The lowest BCUT2D eigenvalue weighted by atomic mass is 10.0. The lowest BCUT2D eigenvalue weighted by Gasteiger charge is -2.25. The number of phenols is 1. The molecule has 4 atom stereocenters. The van der Waals surface area contributed by atoms with Gasteiger partial charge in [-0.05, 0) is 54.5 Å². The fraction of sp³-hybridized carbons (Fsp3) is 0.387. The number of carbonyl (C=O) groups excluding carboxylic acids is 3. The summed E-state index contributed by atoms with van der Waals surface area (Å²) in [6, 6.07) is 8.55. The van der Waals surface area contributed by atoms with Gasteiger partial charge in [0.1, 0.15) is 23.9 Å². The third kappa shape index (κ3) is 9.83. The van der Waals surface area contributed by atoms with Crippen LogP contribution in [-0.4, -0.2) is 74.1 Å². The molecule has 13 heteroatoms. The van der Waals surface area contributed by atoms with Crippen molar-refractivity contribution in [2.45, 2.75) is 70.1 Å². The summed E-state index contributed by atoms with van der Waals surface area (Å²) in [7, 11) is 0. The van der Waals surface area contributed by atoms with Crippen LogP contribution in [0.5, 0.6) is 5.75 Å². The van der Waals surface area contributed by atoms with Crippen LogP contribution in [0.4, 0.5) is 0 Å². The average Bonchev–Trinajstić information content (AvgIpc) is 3.37. The van der Waals surface area contributed by atoms with Gasteiger partial charge in [0, 0.05) is 29.9 Å². The van der Waals surface area contributed by atoms with Crippen molar-refractivity contribution in [2.75, 3.05) is 0 Å². The summed E-state index contributed by atoms with van der Waals surface area (Å²) >= 11 is 0. The summed E-state index contributed by atoms with van der Waals surface area (Å²) in [5, 5.41) is 36.9. The summed E-state index contributed by atoms with van der Waals surface area (Å²) < 4.78 is 0. The maximum atomic E-state index is 13.6. The zero-order chi connectivity index (χ0) is 32.4. The molecule has 0 radical (unpaired) electrons. The molecular weight excluding hydrogens is 570 g/mol. The van der Waals surface area contributed by atoms with Crippen LogP contribution in [0.15, 0.2) is 54.7 Å². The molecular formula is C31H39N5O8. The highest BCUT2D eigenvalue weighted by Crippen LogP contribution is 2.19. The number of benzene rings is 2. The molecule has 0 bridgehead atoms. The standard InChI is InChI=1S/C31H39N5O8/c1-17(2)13-26(31(43)44)36-29(41)24(11-12-27(38)39)34-30(42)25(14-18-7-9-20(37)10-8-18)35-28(40)22(32)15-19-16-33-23-6-4-3-5-21(19)23/h3-10,16-17,22,24-26,33,37H,11-15,32H2,1-2H3,(H,34,42)(H,35,40)(H,36,41)(H,38,39)(H,43,44). The van der Waals surface area contributed by atoms with Crippen LogP contribution in [0.1, 0.15) is 44.2 Å². The number of aromatic nitrogens is 1. The monoisotopic (exact) mass is 609 g/mol. The summed E-state index contributed by atoms with van der Waals surface area (Å²) in [5.41, 5.74) is 8.50. The summed E-state index contributed by atoms with van der Waals surface area (Å²) in [6.45, 7) is 3.57. The number of carboxylic acids is 2. The van der Waals surface area contributed by atoms with Crippen molar-refractivity contribution in [1.82, 2.24) is 20.9 Å². The van der Waals surface area contributed by atoms with Gasteiger partial charge in [-0.15, -0.1) is 0 Å². The molecule has 0 saturated carbocycles. The normalized spacial score (nSPS) is 13.9. The minimum absolute atomic E-state index is 0.000624. The van der Waals surface area contributed by atoms with Crippen LogP contribution in [0.25, 0.3) is 10.9 Å². The Morgan fingerprint density at radius 1 is 0.818 bits per heavy atom. The minimum atomic E-state index is -1.40. The van der Waals surface area contributed by atoms with Crippen molar-refractivity contribution in [2.24, 2.45) is 11.7 Å². The molecule has 0 fully saturated rings. The van der Waals surface area contributed by atoms with Gasteiger partial charge in [-0.3, -0.25) is 19.2 Å². The van der Waals surface area contributed by atoms with E-state index in [1.807, 2.05) is 24.3 Å². The van der Waals surface area contributed by atoms with E-state index in [2.05, 4.69) is 20.9 Å². The van der Waals surface area contributed by atoms with Gasteiger partial charge >= 0.3 is 11.9 Å². The number of hydrogen-bond donors (Lipinski definition) is 8. The Kier molecular flexibility index (Phi) is 11.9. The van der Waals surface area contributed by atoms with E-state index in [9.17, 15) is 39.3 Å². The second-order valence-electron chi connectivity index (χ2n) is 11.1. The maximum absolute atomic E-state index is 13.6. The molecule has 0 aliphatic carbocycles. The molecule has 2 aromatic carbocycles. The number of para-hydroxylation sites is 1. The number of nitrogens with two attached hydrogens (primary N) is 1. The second-order valence-corrected chi connectivity index (χ2v) is 11.1. The number of aromatic amines is 1. The molecule has 13 nitrogen and oxygen atoms in total. The van der Waals surface area contributed by atoms with Crippen molar-refractivity contribution in [3.05, 3.63) is 65.9 Å². The van der Waals surface area contributed by atoms with E-state index in [1.165, 1.54) is 12.1 Å². The number of nitrogens with one attached hydrogen (secondary N) is 4. The van der Waals surface area contributed by atoms with Crippen molar-refractivity contribution in [3.63, 3.8) is 0 Å². The van der Waals surface area contributed by atoms with E-state index in [4.69, 9.17) is 5.73 Å². The SMILES string of the molecule is CC(C)CC(NC(=O)C(CCC(=O)O)NC(=O)C(Cc1ccc(O)cc1)NC(=O)C(N)Cc1c[nH]c2ccccc12)C(=O)O. The Hall–Kier alpha value is -4.91. The number of amides is 3. The van der Waals surface area contributed by atoms with Crippen LogP contribution in [0.2, 0.25) is 0 Å². The molecule has 0 aliphatic rings. The lowest BCUT2D eigenvalue weighted by molar-refractivity contribution is -0.143. The van der Waals surface area contributed by atoms with Crippen LogP contribution >= 0.6 is 0 Å². The second kappa shape index (κ2) is 15.5. The number of H-pyrrole nitrogens is 1. The molecule has 0 aliphatic heterocycles. The number of carboxylic acid groups (broad SMARTS) is 2. The molecule has 236 valence electrons. The Morgan fingerprint density at radius 2 is 1.43 bits per heavy atom. The molecule has 3 amide bonds. The van der Waals surface area contributed by atoms with Gasteiger partial charge in [0.05, 0.1) is 6.04 Å². The molecule has 3 aromatic rings. The minimum Gasteiger partial charge on any atom is -0.508 e. The summed E-state index contributed by atoms with van der Waals surface area (Å²) in [5.74, 6) is -4.85. The average molecular weight is 610 g/mol. The number of aromatic hydroxyl groups is 1. The number of rotatable bonds is 16. The molecule has 4 unspecified atom stereocenters. The first-order chi connectivity index (χ1) is 20.8. The van der Waals surface area contributed by atoms with Gasteiger partial charge < -0.3 is 42.0 Å². The Balaban J connectivity index is 1.80. The number of phenolic OH excluding ortho intramolecular Hbond substituents is 1. The zero-order valence-electron chi connectivity index (χ0n) is 24.6. The largest absolute Gasteiger partial charge is 0.508 e. The highest BCUT2D eigenvalue weighted by atomic mass is 16.4. The van der Waals surface area contributed by atoms with E-state index in [0.29, 0.717) is 5.56 Å². The van der Waals surface area contributed by atoms with Gasteiger partial charge in [-0.1, -0.05) is 44.2 Å². The van der Waals surface area contributed by atoms with E-state index in [1.54, 1.807) is 32.2 Å². The van der Waals surface area contributed by atoms with Gasteiger partial charge in [-0.25, -0.2) is 4.79 Å². The molecule has 0 spiro atoms. The number of carbonyl (C=O) groups is 5. The van der Waals surface area contributed by atoms with E-state index < -0.39 is 60.2 Å². The first-order valence-electron chi connectivity index (χ1n) is 14.3. The molecule has 3 rings (SSSR count). The van der Waals surface area contributed by atoms with Crippen molar-refractivity contribution in [3.8, 4) is 5.75 Å². The number of aliphatic carboxylic acids is 2. The first-order valence-corrected chi connectivity index (χ1v) is 14.3. The van der Waals surface area contributed by atoms with Crippen molar-refractivity contribution >= 4 is 40.6 Å². The number of fused-ring (bicyclic) bond motifs is 1. The quantitative estimate of drug-likeness (QED) is 0.117. The Labute approximate surface area is 254 Å². The summed E-state index contributed by atoms with van der Waals surface area (Å²) in [4.78, 5) is 66.0. The van der Waals surface area contributed by atoms with Gasteiger partial charge in [0.15, 0.2) is 0 Å². The maximum Gasteiger partial charge on any atom is 0.326 e. The van der Waals surface area contributed by atoms with Gasteiger partial charge in [0.25, 0.3) is 0 Å². The number of hydrogen-bond acceptors (Lipinski definition) is 7. The molecule has 1 aromatic heterocycles. The smallest absolute Gasteiger partial charge is 0.326 e. The Bertz CT molecular complexity index is 1470. The molecule has 44 heavy (non-hydrogen) atoms. The van der Waals surface area contributed by atoms with Crippen molar-refractivity contribution < 1.29 is 39.3 Å². The highest BCUT2D eigenvalue weighted by Gasteiger charge is 2.31.